The highest BCUT2D eigenvalue weighted by molar-refractivity contribution is 8.23. The van der Waals surface area contributed by atoms with Crippen molar-refractivity contribution in [2.45, 2.75) is 0 Å². The Morgan fingerprint density at radius 1 is 1.32 bits per heavy atom. The molecule has 31 heavy (non-hydrogen) atoms. The molecule has 2 aliphatic heterocycles. The monoisotopic (exact) mass is 468 g/mol. The Labute approximate surface area is 187 Å². The molecule has 3 rings (SSSR count). The smallest absolute Gasteiger partial charge is 0.341 e. The number of amides is 2. The summed E-state index contributed by atoms with van der Waals surface area (Å²) >= 11 is 6.32. The largest absolute Gasteiger partial charge is 0.452 e. The topological polar surface area (TPSA) is 131 Å². The second-order valence-corrected chi connectivity index (χ2v) is 8.19. The van der Waals surface area contributed by atoms with Gasteiger partial charge in [-0.3, -0.25) is 24.6 Å². The zero-order valence-electron chi connectivity index (χ0n) is 16.4. The number of ether oxygens (including phenoxy) is 2. The van der Waals surface area contributed by atoms with Crippen LogP contribution in [-0.4, -0.2) is 83.7 Å². The molecule has 11 nitrogen and oxygen atoms in total. The number of carbonyl (C=O) groups excluding carboxylic acids is 3. The lowest BCUT2D eigenvalue weighted by molar-refractivity contribution is -0.384. The maximum Gasteiger partial charge on any atom is 0.341 e. The van der Waals surface area contributed by atoms with E-state index < -0.39 is 23.4 Å². The molecule has 0 atom stereocenters. The minimum Gasteiger partial charge on any atom is -0.452 e. The predicted molar refractivity (Wildman–Crippen MR) is 116 cm³/mol. The van der Waals surface area contributed by atoms with Crippen LogP contribution in [0, 0.1) is 10.1 Å². The van der Waals surface area contributed by atoms with Crippen LogP contribution in [0.2, 0.25) is 0 Å². The van der Waals surface area contributed by atoms with Gasteiger partial charge in [0.05, 0.1) is 35.1 Å². The van der Waals surface area contributed by atoms with Gasteiger partial charge in [0.2, 0.25) is 5.91 Å². The summed E-state index contributed by atoms with van der Waals surface area (Å²) in [5.74, 6) is -1.22. The first kappa shape index (κ1) is 22.9. The van der Waals surface area contributed by atoms with Gasteiger partial charge in [0.25, 0.3) is 11.6 Å². The molecule has 13 heteroatoms. The van der Waals surface area contributed by atoms with E-state index in [-0.39, 0.29) is 30.2 Å². The van der Waals surface area contributed by atoms with E-state index in [0.29, 0.717) is 42.1 Å². The fraction of sp³-hybridized carbons (Fsp3) is 0.444. The van der Waals surface area contributed by atoms with E-state index in [4.69, 9.17) is 21.7 Å². The molecule has 0 spiro atoms. The second kappa shape index (κ2) is 10.5. The molecule has 2 heterocycles. The first-order valence-corrected chi connectivity index (χ1v) is 10.8. The van der Waals surface area contributed by atoms with Crippen LogP contribution in [0.1, 0.15) is 10.4 Å². The molecule has 0 aliphatic carbocycles. The lowest BCUT2D eigenvalue weighted by Crippen LogP contribution is -2.39. The highest BCUT2D eigenvalue weighted by Crippen LogP contribution is 2.27. The van der Waals surface area contributed by atoms with Gasteiger partial charge in [-0.25, -0.2) is 4.79 Å². The Hall–Kier alpha value is -2.77. The van der Waals surface area contributed by atoms with Crippen LogP contribution in [0.4, 0.5) is 11.4 Å². The van der Waals surface area contributed by atoms with E-state index in [0.717, 1.165) is 6.07 Å². The summed E-state index contributed by atoms with van der Waals surface area (Å²) in [6.07, 6.45) is 0. The summed E-state index contributed by atoms with van der Waals surface area (Å²) in [6.45, 7) is 1.80. The summed E-state index contributed by atoms with van der Waals surface area (Å²) in [4.78, 5) is 50.1. The number of nitrogens with one attached hydrogen (secondary N) is 1. The number of hydrogen-bond donors (Lipinski definition) is 1. The number of thioether (sulfide) groups is 1. The number of morpholine rings is 1. The van der Waals surface area contributed by atoms with Crippen molar-refractivity contribution in [1.82, 2.24) is 10.2 Å². The number of benzene rings is 1. The van der Waals surface area contributed by atoms with Crippen LogP contribution in [0.25, 0.3) is 0 Å². The number of carbonyl (C=O) groups is 3. The molecule has 166 valence electrons. The van der Waals surface area contributed by atoms with E-state index in [9.17, 15) is 24.5 Å². The van der Waals surface area contributed by atoms with Crippen molar-refractivity contribution >= 4 is 57.5 Å². The minimum absolute atomic E-state index is 0.00827. The molecule has 0 unspecified atom stereocenters. The van der Waals surface area contributed by atoms with Crippen LogP contribution in [0.15, 0.2) is 18.2 Å². The number of anilines is 1. The van der Waals surface area contributed by atoms with E-state index in [1.807, 2.05) is 4.90 Å². The van der Waals surface area contributed by atoms with Gasteiger partial charge >= 0.3 is 5.97 Å². The number of rotatable bonds is 8. The Balaban J connectivity index is 1.57. The van der Waals surface area contributed by atoms with Crippen molar-refractivity contribution < 1.29 is 28.8 Å². The maximum atomic E-state index is 12.6. The third-order valence-electron chi connectivity index (χ3n) is 4.60. The third kappa shape index (κ3) is 5.89. The Bertz CT molecular complexity index is 889. The molecule has 0 aromatic heterocycles. The number of thiocarbonyl (C=S) groups is 1. The molecule has 2 saturated heterocycles. The van der Waals surface area contributed by atoms with Gasteiger partial charge in [-0.15, -0.1) is 0 Å². The van der Waals surface area contributed by atoms with Gasteiger partial charge in [-0.05, 0) is 6.07 Å². The van der Waals surface area contributed by atoms with Crippen molar-refractivity contribution in [3.8, 4) is 0 Å². The van der Waals surface area contributed by atoms with E-state index in [2.05, 4.69) is 5.32 Å². The molecule has 0 bridgehead atoms. The highest BCUT2D eigenvalue weighted by Gasteiger charge is 2.26. The minimum atomic E-state index is -0.840. The molecule has 1 aromatic rings. The standard InChI is InChI=1S/C18H20N4O7S2/c23-15(19-3-4-21-16(24)11-31-18(21)30)10-29-17(25)13-9-12(22(26)27)1-2-14(13)20-5-7-28-8-6-20/h1-2,9H,3-8,10-11H2,(H,19,23). The average Bonchev–Trinajstić information content (AvgIpc) is 3.09. The maximum absolute atomic E-state index is 12.6. The number of nitrogens with zero attached hydrogens (tertiary/aromatic N) is 3. The molecular weight excluding hydrogens is 448 g/mol. The van der Waals surface area contributed by atoms with Crippen LogP contribution < -0.4 is 10.2 Å². The number of nitro benzene ring substituents is 1. The zero-order valence-corrected chi connectivity index (χ0v) is 18.0. The summed E-state index contributed by atoms with van der Waals surface area (Å²) in [5.41, 5.74) is 0.240. The molecule has 1 N–H and O–H groups in total. The fourth-order valence-electron chi connectivity index (χ4n) is 3.05. The van der Waals surface area contributed by atoms with Crippen molar-refractivity contribution in [2.24, 2.45) is 0 Å². The van der Waals surface area contributed by atoms with Crippen LogP contribution in [0.5, 0.6) is 0 Å². The zero-order chi connectivity index (χ0) is 22.4. The molecule has 2 aliphatic rings. The van der Waals surface area contributed by atoms with E-state index >= 15 is 0 Å². The third-order valence-corrected chi connectivity index (χ3v) is 6.03. The van der Waals surface area contributed by atoms with Crippen LogP contribution in [-0.2, 0) is 19.1 Å². The lowest BCUT2D eigenvalue weighted by atomic mass is 10.1. The average molecular weight is 469 g/mol. The van der Waals surface area contributed by atoms with Gasteiger partial charge in [0, 0.05) is 38.3 Å². The molecule has 0 radical (unpaired) electrons. The number of nitro groups is 1. The Kier molecular flexibility index (Phi) is 7.76. The first-order chi connectivity index (χ1) is 14.9. The highest BCUT2D eigenvalue weighted by atomic mass is 32.2. The van der Waals surface area contributed by atoms with Crippen molar-refractivity contribution in [2.75, 3.05) is 56.7 Å². The Morgan fingerprint density at radius 2 is 2.06 bits per heavy atom. The fourth-order valence-corrected chi connectivity index (χ4v) is 4.17. The number of hydrogen-bond acceptors (Lipinski definition) is 10. The summed E-state index contributed by atoms with van der Waals surface area (Å²) in [5, 5.41) is 13.7. The van der Waals surface area contributed by atoms with Gasteiger partial charge in [-0.2, -0.15) is 0 Å². The van der Waals surface area contributed by atoms with Gasteiger partial charge in [0.1, 0.15) is 4.32 Å². The first-order valence-electron chi connectivity index (χ1n) is 9.39. The number of non-ortho nitro benzene ring substituents is 1. The summed E-state index contributed by atoms with van der Waals surface area (Å²) in [7, 11) is 0. The normalized spacial score (nSPS) is 16.4. The van der Waals surface area contributed by atoms with Crippen LogP contribution in [0.3, 0.4) is 0 Å². The molecule has 0 saturated carbocycles. The summed E-state index contributed by atoms with van der Waals surface area (Å²) in [6, 6.07) is 3.95. The lowest BCUT2D eigenvalue weighted by Gasteiger charge is -2.30. The van der Waals surface area contributed by atoms with Gasteiger partial charge in [-0.1, -0.05) is 24.0 Å². The van der Waals surface area contributed by atoms with E-state index in [1.54, 1.807) is 0 Å². The molecule has 2 amide bonds. The van der Waals surface area contributed by atoms with Gasteiger partial charge in [0.15, 0.2) is 6.61 Å². The van der Waals surface area contributed by atoms with Crippen molar-refractivity contribution in [3.63, 3.8) is 0 Å². The van der Waals surface area contributed by atoms with E-state index in [1.165, 1.54) is 28.8 Å². The van der Waals surface area contributed by atoms with Crippen molar-refractivity contribution in [3.05, 3.63) is 33.9 Å². The summed E-state index contributed by atoms with van der Waals surface area (Å²) < 4.78 is 10.8. The van der Waals surface area contributed by atoms with Gasteiger partial charge < -0.3 is 19.7 Å². The molecule has 1 aromatic carbocycles. The molecule has 2 fully saturated rings. The Morgan fingerprint density at radius 3 is 2.71 bits per heavy atom. The van der Waals surface area contributed by atoms with Crippen LogP contribution >= 0.6 is 24.0 Å². The predicted octanol–water partition coefficient (Wildman–Crippen LogP) is 0.565. The quantitative estimate of drug-likeness (QED) is 0.250. The second-order valence-electron chi connectivity index (χ2n) is 6.58. The SMILES string of the molecule is O=C(COC(=O)c1cc([N+](=O)[O-])ccc1N1CCOCC1)NCCN1C(=O)CSC1=S. The molecular formula is C18H20N4O7S2. The van der Waals surface area contributed by atoms with Crippen molar-refractivity contribution in [1.29, 1.82) is 0 Å². The number of esters is 1.